The second kappa shape index (κ2) is 7.99. The molecule has 2 aliphatic heterocycles. The Morgan fingerprint density at radius 2 is 1.80 bits per heavy atom. The highest BCUT2D eigenvalue weighted by atomic mass is 16.2. The van der Waals surface area contributed by atoms with Gasteiger partial charge in [-0.25, -0.2) is 0 Å². The van der Waals surface area contributed by atoms with Gasteiger partial charge < -0.3 is 9.80 Å². The molecule has 1 amide bonds. The molecule has 0 aromatic rings. The summed E-state index contributed by atoms with van der Waals surface area (Å²) in [6.45, 7) is 11.7. The van der Waals surface area contributed by atoms with E-state index in [1.807, 2.05) is 0 Å². The Kier molecular flexibility index (Phi) is 6.30. The first-order valence-electron chi connectivity index (χ1n) is 8.48. The zero-order valence-electron chi connectivity index (χ0n) is 13.3. The molecular weight excluding hydrogens is 250 g/mol. The van der Waals surface area contributed by atoms with E-state index in [9.17, 15) is 4.79 Å². The molecule has 0 aromatic heterocycles. The Morgan fingerprint density at radius 1 is 1.05 bits per heavy atom. The van der Waals surface area contributed by atoms with Crippen LogP contribution in [0.25, 0.3) is 0 Å². The second-order valence-corrected chi connectivity index (χ2v) is 6.16. The van der Waals surface area contributed by atoms with Crippen LogP contribution in [-0.4, -0.2) is 72.5 Å². The molecule has 0 aromatic carbocycles. The summed E-state index contributed by atoms with van der Waals surface area (Å²) in [6, 6.07) is 0.716. The van der Waals surface area contributed by atoms with Gasteiger partial charge in [-0.2, -0.15) is 0 Å². The number of nitrogens with zero attached hydrogens (tertiary/aromatic N) is 3. The average molecular weight is 281 g/mol. The normalized spacial score (nSPS) is 25.9. The summed E-state index contributed by atoms with van der Waals surface area (Å²) in [5, 5.41) is 0. The fraction of sp³-hybridized carbons (Fsp3) is 0.938. The Hall–Kier alpha value is -0.610. The molecule has 0 bridgehead atoms. The van der Waals surface area contributed by atoms with Crippen molar-refractivity contribution in [2.75, 3.05) is 45.8 Å². The van der Waals surface area contributed by atoms with E-state index in [1.54, 1.807) is 0 Å². The zero-order chi connectivity index (χ0) is 14.4. The van der Waals surface area contributed by atoms with Crippen molar-refractivity contribution in [3.8, 4) is 0 Å². The molecule has 1 unspecified atom stereocenters. The first-order chi connectivity index (χ1) is 9.74. The highest BCUT2D eigenvalue weighted by Crippen LogP contribution is 2.19. The van der Waals surface area contributed by atoms with E-state index in [1.165, 1.54) is 32.2 Å². The Morgan fingerprint density at radius 3 is 2.45 bits per heavy atom. The minimum Gasteiger partial charge on any atom is -0.340 e. The first-order valence-corrected chi connectivity index (χ1v) is 8.48. The molecule has 2 aliphatic rings. The van der Waals surface area contributed by atoms with Gasteiger partial charge in [-0.1, -0.05) is 20.3 Å². The van der Waals surface area contributed by atoms with Crippen molar-refractivity contribution in [2.45, 2.75) is 52.0 Å². The number of hydrogen-bond donors (Lipinski definition) is 0. The van der Waals surface area contributed by atoms with Crippen molar-refractivity contribution in [3.63, 3.8) is 0 Å². The summed E-state index contributed by atoms with van der Waals surface area (Å²) in [6.07, 6.45) is 5.92. The van der Waals surface area contributed by atoms with E-state index in [0.717, 1.165) is 39.3 Å². The summed E-state index contributed by atoms with van der Waals surface area (Å²) in [7, 11) is 0. The van der Waals surface area contributed by atoms with Crippen molar-refractivity contribution in [3.05, 3.63) is 0 Å². The SMILES string of the molecule is CCC1CCCCN1CCC(=O)N1CCN(CC)CC1. The maximum Gasteiger partial charge on any atom is 0.223 e. The highest BCUT2D eigenvalue weighted by Gasteiger charge is 2.24. The molecule has 0 spiro atoms. The molecule has 0 aliphatic carbocycles. The summed E-state index contributed by atoms with van der Waals surface area (Å²) in [4.78, 5) is 19.3. The fourth-order valence-electron chi connectivity index (χ4n) is 3.53. The average Bonchev–Trinajstić information content (AvgIpc) is 2.53. The van der Waals surface area contributed by atoms with Crippen molar-refractivity contribution >= 4 is 5.91 Å². The molecule has 2 heterocycles. The van der Waals surface area contributed by atoms with Gasteiger partial charge in [0.2, 0.25) is 5.91 Å². The second-order valence-electron chi connectivity index (χ2n) is 6.16. The standard InChI is InChI=1S/C16H31N3O/c1-3-15-7-5-6-9-18(15)10-8-16(20)19-13-11-17(4-2)12-14-19/h15H,3-14H2,1-2H3. The number of amides is 1. The number of carbonyl (C=O) groups is 1. The van der Waals surface area contributed by atoms with Gasteiger partial charge in [0.05, 0.1) is 0 Å². The number of piperazine rings is 1. The molecule has 2 fully saturated rings. The van der Waals surface area contributed by atoms with Crippen molar-refractivity contribution in [2.24, 2.45) is 0 Å². The fourth-order valence-corrected chi connectivity index (χ4v) is 3.53. The van der Waals surface area contributed by atoms with Gasteiger partial charge in [0.25, 0.3) is 0 Å². The number of piperidine rings is 1. The lowest BCUT2D eigenvalue weighted by atomic mass is 10.00. The van der Waals surface area contributed by atoms with Crippen LogP contribution in [0.2, 0.25) is 0 Å². The van der Waals surface area contributed by atoms with Crippen molar-refractivity contribution < 1.29 is 4.79 Å². The number of likely N-dealkylation sites (tertiary alicyclic amines) is 1. The quantitative estimate of drug-likeness (QED) is 0.769. The van der Waals surface area contributed by atoms with Crippen LogP contribution in [0.4, 0.5) is 0 Å². The predicted octanol–water partition coefficient (Wildman–Crippen LogP) is 1.81. The third kappa shape index (κ3) is 4.19. The van der Waals surface area contributed by atoms with Crippen LogP contribution in [0.3, 0.4) is 0 Å². The van der Waals surface area contributed by atoms with E-state index < -0.39 is 0 Å². The topological polar surface area (TPSA) is 26.8 Å². The molecule has 2 saturated heterocycles. The molecule has 0 radical (unpaired) electrons. The van der Waals surface area contributed by atoms with Gasteiger partial charge in [-0.05, 0) is 32.4 Å². The van der Waals surface area contributed by atoms with Crippen LogP contribution in [0, 0.1) is 0 Å². The van der Waals surface area contributed by atoms with E-state index in [0.29, 0.717) is 18.4 Å². The number of rotatable bonds is 5. The number of likely N-dealkylation sites (N-methyl/N-ethyl adjacent to an activating group) is 1. The molecule has 20 heavy (non-hydrogen) atoms. The van der Waals surface area contributed by atoms with Gasteiger partial charge in [-0.15, -0.1) is 0 Å². The Balaban J connectivity index is 1.72. The molecule has 4 nitrogen and oxygen atoms in total. The van der Waals surface area contributed by atoms with E-state index in [4.69, 9.17) is 0 Å². The molecular formula is C16H31N3O. The summed E-state index contributed by atoms with van der Waals surface area (Å²) >= 11 is 0. The lowest BCUT2D eigenvalue weighted by Crippen LogP contribution is -2.49. The monoisotopic (exact) mass is 281 g/mol. The Bertz CT molecular complexity index is 300. The zero-order valence-corrected chi connectivity index (χ0v) is 13.3. The molecule has 0 saturated carbocycles. The smallest absolute Gasteiger partial charge is 0.223 e. The number of carbonyl (C=O) groups excluding carboxylic acids is 1. The molecule has 2 rings (SSSR count). The lowest BCUT2D eigenvalue weighted by molar-refractivity contribution is -0.133. The maximum absolute atomic E-state index is 12.3. The third-order valence-corrected chi connectivity index (χ3v) is 5.01. The van der Waals surface area contributed by atoms with Crippen molar-refractivity contribution in [1.29, 1.82) is 0 Å². The summed E-state index contributed by atoms with van der Waals surface area (Å²) in [5.41, 5.74) is 0. The molecule has 0 N–H and O–H groups in total. The number of hydrogen-bond acceptors (Lipinski definition) is 3. The third-order valence-electron chi connectivity index (χ3n) is 5.01. The maximum atomic E-state index is 12.3. The largest absolute Gasteiger partial charge is 0.340 e. The molecule has 4 heteroatoms. The predicted molar refractivity (Wildman–Crippen MR) is 82.8 cm³/mol. The summed E-state index contributed by atoms with van der Waals surface area (Å²) in [5.74, 6) is 0.362. The van der Waals surface area contributed by atoms with Gasteiger partial charge in [0, 0.05) is 45.2 Å². The van der Waals surface area contributed by atoms with E-state index >= 15 is 0 Å². The minimum absolute atomic E-state index is 0.362. The van der Waals surface area contributed by atoms with Gasteiger partial charge in [0.15, 0.2) is 0 Å². The first kappa shape index (κ1) is 15.8. The Labute approximate surface area is 124 Å². The highest BCUT2D eigenvalue weighted by molar-refractivity contribution is 5.76. The molecule has 116 valence electrons. The molecule has 1 atom stereocenters. The van der Waals surface area contributed by atoms with Crippen LogP contribution in [0.15, 0.2) is 0 Å². The summed E-state index contributed by atoms with van der Waals surface area (Å²) < 4.78 is 0. The van der Waals surface area contributed by atoms with Crippen LogP contribution in [0.5, 0.6) is 0 Å². The van der Waals surface area contributed by atoms with E-state index in [2.05, 4.69) is 28.5 Å². The van der Waals surface area contributed by atoms with Gasteiger partial charge in [-0.3, -0.25) is 9.69 Å². The van der Waals surface area contributed by atoms with Crippen LogP contribution < -0.4 is 0 Å². The lowest BCUT2D eigenvalue weighted by Gasteiger charge is -2.37. The van der Waals surface area contributed by atoms with Gasteiger partial charge in [0.1, 0.15) is 0 Å². The van der Waals surface area contributed by atoms with Crippen LogP contribution in [-0.2, 0) is 4.79 Å². The van der Waals surface area contributed by atoms with E-state index in [-0.39, 0.29) is 0 Å². The van der Waals surface area contributed by atoms with Crippen molar-refractivity contribution in [1.82, 2.24) is 14.7 Å². The van der Waals surface area contributed by atoms with Gasteiger partial charge >= 0.3 is 0 Å². The van der Waals surface area contributed by atoms with Crippen LogP contribution in [0.1, 0.15) is 46.0 Å². The minimum atomic E-state index is 0.362. The van der Waals surface area contributed by atoms with Crippen LogP contribution >= 0.6 is 0 Å².